The molecule has 3 nitrogen and oxygen atoms in total. The summed E-state index contributed by atoms with van der Waals surface area (Å²) in [5, 5.41) is 10.6. The van der Waals surface area contributed by atoms with Gasteiger partial charge in [0, 0.05) is 23.1 Å². The maximum absolute atomic E-state index is 8.81. The number of aromatic nitrogens is 1. The van der Waals surface area contributed by atoms with Gasteiger partial charge in [0.2, 0.25) is 5.88 Å². The summed E-state index contributed by atoms with van der Waals surface area (Å²) in [6.07, 6.45) is 3.90. The van der Waals surface area contributed by atoms with Crippen molar-refractivity contribution in [2.45, 2.75) is 25.7 Å². The molecule has 0 unspecified atom stereocenters. The van der Waals surface area contributed by atoms with Gasteiger partial charge in [-0.15, -0.1) is 0 Å². The lowest BCUT2D eigenvalue weighted by Crippen LogP contribution is -2.00. The predicted molar refractivity (Wildman–Crippen MR) is 103 cm³/mol. The number of hydrogen-bond acceptors (Lipinski definition) is 3. The van der Waals surface area contributed by atoms with Crippen molar-refractivity contribution in [3.8, 4) is 17.0 Å². The minimum atomic E-state index is 0.261. The number of para-hydroxylation sites is 1. The molecule has 0 aliphatic rings. The molecule has 0 saturated heterocycles. The van der Waals surface area contributed by atoms with Crippen LogP contribution in [-0.2, 0) is 0 Å². The molecular formula is C21H22ClNO2. The van der Waals surface area contributed by atoms with Crippen LogP contribution in [0.25, 0.3) is 22.0 Å². The molecule has 3 aromatic rings. The highest BCUT2D eigenvalue weighted by atomic mass is 35.5. The average molecular weight is 356 g/mol. The number of ether oxygens (including phenoxy) is 1. The molecule has 1 heterocycles. The van der Waals surface area contributed by atoms with Crippen molar-refractivity contribution in [3.63, 3.8) is 0 Å². The summed E-state index contributed by atoms with van der Waals surface area (Å²) >= 11 is 6.02. The number of nitrogens with zero attached hydrogens (tertiary/aromatic N) is 1. The van der Waals surface area contributed by atoms with Crippen LogP contribution in [0.3, 0.4) is 0 Å². The quantitative estimate of drug-likeness (QED) is 0.543. The van der Waals surface area contributed by atoms with Gasteiger partial charge >= 0.3 is 0 Å². The first-order chi connectivity index (χ1) is 12.3. The lowest BCUT2D eigenvalue weighted by molar-refractivity contribution is 0.271. The standard InChI is InChI=1S/C21H22ClNO2/c22-17-11-9-16(10-12-17)19-15-21(25-14-6-2-1-5-13-24)23-20-8-4-3-7-18(19)20/h3-4,7-12,15,24H,1-2,5-6,13-14H2. The summed E-state index contributed by atoms with van der Waals surface area (Å²) in [4.78, 5) is 4.62. The van der Waals surface area contributed by atoms with Crippen molar-refractivity contribution in [2.75, 3.05) is 13.2 Å². The van der Waals surface area contributed by atoms with Crippen LogP contribution in [0.4, 0.5) is 0 Å². The molecular weight excluding hydrogens is 334 g/mol. The van der Waals surface area contributed by atoms with Crippen LogP contribution < -0.4 is 4.74 Å². The Balaban J connectivity index is 1.81. The first-order valence-corrected chi connectivity index (χ1v) is 9.05. The average Bonchev–Trinajstić information content (AvgIpc) is 2.64. The van der Waals surface area contributed by atoms with Crippen molar-refractivity contribution in [1.82, 2.24) is 4.98 Å². The highest BCUT2D eigenvalue weighted by Gasteiger charge is 2.08. The smallest absolute Gasteiger partial charge is 0.214 e. The molecule has 0 saturated carbocycles. The predicted octanol–water partition coefficient (Wildman–Crippen LogP) is 5.49. The lowest BCUT2D eigenvalue weighted by Gasteiger charge is -2.11. The summed E-state index contributed by atoms with van der Waals surface area (Å²) in [5.41, 5.74) is 3.11. The molecule has 0 aliphatic carbocycles. The van der Waals surface area contributed by atoms with Crippen molar-refractivity contribution < 1.29 is 9.84 Å². The van der Waals surface area contributed by atoms with E-state index < -0.39 is 0 Å². The molecule has 1 aromatic heterocycles. The number of rotatable bonds is 8. The van der Waals surface area contributed by atoms with E-state index in [1.807, 2.05) is 48.5 Å². The van der Waals surface area contributed by atoms with E-state index in [-0.39, 0.29) is 6.61 Å². The van der Waals surface area contributed by atoms with Gasteiger partial charge in [-0.05, 0) is 48.6 Å². The van der Waals surface area contributed by atoms with E-state index in [1.165, 1.54) is 0 Å². The minimum absolute atomic E-state index is 0.261. The molecule has 0 radical (unpaired) electrons. The molecule has 0 amide bonds. The molecule has 130 valence electrons. The fourth-order valence-corrected chi connectivity index (χ4v) is 2.96. The van der Waals surface area contributed by atoms with E-state index in [0.29, 0.717) is 12.5 Å². The Morgan fingerprint density at radius 2 is 1.68 bits per heavy atom. The maximum Gasteiger partial charge on any atom is 0.214 e. The normalized spacial score (nSPS) is 11.0. The Morgan fingerprint density at radius 3 is 2.48 bits per heavy atom. The van der Waals surface area contributed by atoms with E-state index in [9.17, 15) is 0 Å². The van der Waals surface area contributed by atoms with Gasteiger partial charge in [-0.1, -0.05) is 48.4 Å². The van der Waals surface area contributed by atoms with Gasteiger partial charge in [-0.2, -0.15) is 0 Å². The van der Waals surface area contributed by atoms with Crippen molar-refractivity contribution in [2.24, 2.45) is 0 Å². The fraction of sp³-hybridized carbons (Fsp3) is 0.286. The Hall–Kier alpha value is -2.10. The van der Waals surface area contributed by atoms with Crippen LogP contribution in [0.15, 0.2) is 54.6 Å². The van der Waals surface area contributed by atoms with Gasteiger partial charge in [0.1, 0.15) is 0 Å². The summed E-state index contributed by atoms with van der Waals surface area (Å²) in [6, 6.07) is 17.9. The summed E-state index contributed by atoms with van der Waals surface area (Å²) in [6.45, 7) is 0.897. The zero-order chi connectivity index (χ0) is 17.5. The van der Waals surface area contributed by atoms with Crippen LogP contribution >= 0.6 is 11.6 Å². The number of halogens is 1. The fourth-order valence-electron chi connectivity index (χ4n) is 2.84. The molecule has 0 fully saturated rings. The third-order valence-corrected chi connectivity index (χ3v) is 4.40. The summed E-state index contributed by atoms with van der Waals surface area (Å²) in [7, 11) is 0. The SMILES string of the molecule is OCCCCCCOc1cc(-c2ccc(Cl)cc2)c2ccccc2n1. The van der Waals surface area contributed by atoms with E-state index in [0.717, 1.165) is 52.7 Å². The molecule has 2 aromatic carbocycles. The van der Waals surface area contributed by atoms with Gasteiger partial charge in [0.15, 0.2) is 0 Å². The number of fused-ring (bicyclic) bond motifs is 1. The molecule has 1 N–H and O–H groups in total. The molecule has 0 bridgehead atoms. The lowest BCUT2D eigenvalue weighted by atomic mass is 10.0. The number of unbranched alkanes of at least 4 members (excludes halogenated alkanes) is 3. The first-order valence-electron chi connectivity index (χ1n) is 8.67. The van der Waals surface area contributed by atoms with Crippen LogP contribution in [0, 0.1) is 0 Å². The molecule has 0 spiro atoms. The monoisotopic (exact) mass is 355 g/mol. The highest BCUT2D eigenvalue weighted by Crippen LogP contribution is 2.31. The zero-order valence-corrected chi connectivity index (χ0v) is 14.9. The third-order valence-electron chi connectivity index (χ3n) is 4.15. The number of pyridine rings is 1. The van der Waals surface area contributed by atoms with E-state index in [1.54, 1.807) is 0 Å². The molecule has 0 atom stereocenters. The van der Waals surface area contributed by atoms with Crippen LogP contribution in [0.1, 0.15) is 25.7 Å². The summed E-state index contributed by atoms with van der Waals surface area (Å²) < 4.78 is 5.88. The second kappa shape index (κ2) is 8.84. The van der Waals surface area contributed by atoms with Gasteiger partial charge in [-0.25, -0.2) is 4.98 Å². The Morgan fingerprint density at radius 1 is 0.920 bits per heavy atom. The Bertz CT molecular complexity index is 818. The summed E-state index contributed by atoms with van der Waals surface area (Å²) in [5.74, 6) is 0.644. The van der Waals surface area contributed by atoms with Crippen LogP contribution in [0.2, 0.25) is 5.02 Å². The maximum atomic E-state index is 8.81. The van der Waals surface area contributed by atoms with E-state index >= 15 is 0 Å². The minimum Gasteiger partial charge on any atom is -0.478 e. The molecule has 0 aliphatic heterocycles. The van der Waals surface area contributed by atoms with Gasteiger partial charge in [0.25, 0.3) is 0 Å². The van der Waals surface area contributed by atoms with Crippen molar-refractivity contribution in [1.29, 1.82) is 0 Å². The zero-order valence-electron chi connectivity index (χ0n) is 14.1. The Kier molecular flexibility index (Phi) is 6.26. The largest absolute Gasteiger partial charge is 0.478 e. The third kappa shape index (κ3) is 4.71. The van der Waals surface area contributed by atoms with Crippen molar-refractivity contribution in [3.05, 3.63) is 59.6 Å². The number of benzene rings is 2. The van der Waals surface area contributed by atoms with Gasteiger partial charge in [-0.3, -0.25) is 0 Å². The van der Waals surface area contributed by atoms with Gasteiger partial charge in [0.05, 0.1) is 12.1 Å². The van der Waals surface area contributed by atoms with Crippen molar-refractivity contribution >= 4 is 22.5 Å². The second-order valence-electron chi connectivity index (χ2n) is 6.02. The van der Waals surface area contributed by atoms with E-state index in [4.69, 9.17) is 21.4 Å². The van der Waals surface area contributed by atoms with E-state index in [2.05, 4.69) is 11.1 Å². The topological polar surface area (TPSA) is 42.4 Å². The number of aliphatic hydroxyl groups excluding tert-OH is 1. The highest BCUT2D eigenvalue weighted by molar-refractivity contribution is 6.30. The second-order valence-corrected chi connectivity index (χ2v) is 6.45. The first kappa shape index (κ1) is 17.7. The molecule has 4 heteroatoms. The van der Waals surface area contributed by atoms with Crippen LogP contribution in [0.5, 0.6) is 5.88 Å². The number of hydrogen-bond donors (Lipinski definition) is 1. The molecule has 3 rings (SSSR count). The number of aliphatic hydroxyl groups is 1. The molecule has 25 heavy (non-hydrogen) atoms. The Labute approximate surface area is 153 Å². The van der Waals surface area contributed by atoms with Gasteiger partial charge < -0.3 is 9.84 Å². The van der Waals surface area contributed by atoms with Crippen LogP contribution in [-0.4, -0.2) is 23.3 Å².